The Balaban J connectivity index is 1.96. The van der Waals surface area contributed by atoms with Crippen molar-refractivity contribution >= 4 is 26.0 Å². The van der Waals surface area contributed by atoms with Crippen LogP contribution in [0.2, 0.25) is 0 Å². The topological polar surface area (TPSA) is 67.4 Å². The van der Waals surface area contributed by atoms with Crippen LogP contribution in [0.15, 0.2) is 33.6 Å². The van der Waals surface area contributed by atoms with E-state index in [9.17, 15) is 8.42 Å². The molecule has 100 valence electrons. The Kier molecular flexibility index (Phi) is 4.74. The van der Waals surface area contributed by atoms with Gasteiger partial charge in [0.15, 0.2) is 0 Å². The predicted molar refractivity (Wildman–Crippen MR) is 71.9 cm³/mol. The maximum Gasteiger partial charge on any atom is 0.240 e. The van der Waals surface area contributed by atoms with E-state index in [1.54, 1.807) is 24.3 Å². The number of halogens is 1. The van der Waals surface area contributed by atoms with Crippen LogP contribution in [-0.4, -0.2) is 40.8 Å². The smallest absolute Gasteiger partial charge is 0.240 e. The molecule has 0 radical (unpaired) electrons. The van der Waals surface area contributed by atoms with Gasteiger partial charge in [-0.1, -0.05) is 15.9 Å². The second-order valence-electron chi connectivity index (χ2n) is 4.00. The molecular weight excluding hydrogens is 320 g/mol. The third-order valence-electron chi connectivity index (χ3n) is 2.63. The average molecular weight is 335 g/mol. The fraction of sp³-hybridized carbons (Fsp3) is 0.455. The first kappa shape index (κ1) is 14.0. The van der Waals surface area contributed by atoms with E-state index < -0.39 is 10.0 Å². The van der Waals surface area contributed by atoms with Gasteiger partial charge < -0.3 is 10.1 Å². The van der Waals surface area contributed by atoms with Crippen LogP contribution in [0, 0.1) is 0 Å². The van der Waals surface area contributed by atoms with Gasteiger partial charge in [0.2, 0.25) is 10.0 Å². The summed E-state index contributed by atoms with van der Waals surface area (Å²) in [5.74, 6) is 0. The van der Waals surface area contributed by atoms with Crippen molar-refractivity contribution in [2.45, 2.75) is 11.0 Å². The molecule has 1 aliphatic rings. The lowest BCUT2D eigenvalue weighted by molar-refractivity contribution is 0.0324. The molecule has 2 N–H and O–H groups in total. The van der Waals surface area contributed by atoms with E-state index in [4.69, 9.17) is 4.74 Å². The fourth-order valence-electron chi connectivity index (χ4n) is 1.65. The molecule has 0 amide bonds. The predicted octanol–water partition coefficient (Wildman–Crippen LogP) is 0.716. The summed E-state index contributed by atoms with van der Waals surface area (Å²) in [5.41, 5.74) is 0. The van der Waals surface area contributed by atoms with Gasteiger partial charge in [0, 0.05) is 24.1 Å². The molecule has 1 aromatic carbocycles. The van der Waals surface area contributed by atoms with E-state index in [1.807, 2.05) is 0 Å². The molecule has 5 nitrogen and oxygen atoms in total. The molecule has 0 saturated carbocycles. The lowest BCUT2D eigenvalue weighted by Gasteiger charge is -2.23. The van der Waals surface area contributed by atoms with Crippen molar-refractivity contribution < 1.29 is 13.2 Å². The first-order chi connectivity index (χ1) is 8.58. The molecular formula is C11H15BrN2O3S. The van der Waals surface area contributed by atoms with Crippen LogP contribution < -0.4 is 10.0 Å². The molecule has 1 aromatic rings. The summed E-state index contributed by atoms with van der Waals surface area (Å²) >= 11 is 3.27. The van der Waals surface area contributed by atoms with Gasteiger partial charge in [0.1, 0.15) is 0 Å². The molecule has 1 aliphatic heterocycles. The van der Waals surface area contributed by atoms with Gasteiger partial charge in [-0.25, -0.2) is 13.1 Å². The van der Waals surface area contributed by atoms with E-state index in [1.165, 1.54) is 0 Å². The van der Waals surface area contributed by atoms with Crippen LogP contribution >= 0.6 is 15.9 Å². The second-order valence-corrected chi connectivity index (χ2v) is 6.69. The van der Waals surface area contributed by atoms with Crippen molar-refractivity contribution in [3.05, 3.63) is 28.7 Å². The highest BCUT2D eigenvalue weighted by molar-refractivity contribution is 9.10. The highest BCUT2D eigenvalue weighted by Gasteiger charge is 2.18. The number of benzene rings is 1. The molecule has 1 atom stereocenters. The lowest BCUT2D eigenvalue weighted by Crippen LogP contribution is -2.45. The minimum atomic E-state index is -3.46. The molecule has 1 unspecified atom stereocenters. The quantitative estimate of drug-likeness (QED) is 0.851. The second kappa shape index (κ2) is 6.12. The van der Waals surface area contributed by atoms with E-state index in [-0.39, 0.29) is 17.5 Å². The summed E-state index contributed by atoms with van der Waals surface area (Å²) in [7, 11) is -3.46. The largest absolute Gasteiger partial charge is 0.374 e. The van der Waals surface area contributed by atoms with Gasteiger partial charge in [0.25, 0.3) is 0 Å². The van der Waals surface area contributed by atoms with Gasteiger partial charge in [-0.05, 0) is 24.3 Å². The number of hydrogen-bond donors (Lipinski definition) is 2. The third-order valence-corrected chi connectivity index (χ3v) is 4.60. The van der Waals surface area contributed by atoms with E-state index >= 15 is 0 Å². The highest BCUT2D eigenvalue weighted by Crippen LogP contribution is 2.14. The number of nitrogens with one attached hydrogen (secondary N) is 2. The molecule has 0 bridgehead atoms. The normalized spacial score (nSPS) is 20.8. The Morgan fingerprint density at radius 2 is 2.11 bits per heavy atom. The first-order valence-electron chi connectivity index (χ1n) is 5.65. The summed E-state index contributed by atoms with van der Waals surface area (Å²) in [6, 6.07) is 6.53. The Labute approximate surface area is 115 Å². The molecule has 0 aromatic heterocycles. The summed E-state index contributed by atoms with van der Waals surface area (Å²) in [4.78, 5) is 0.259. The Morgan fingerprint density at radius 1 is 1.39 bits per heavy atom. The Hall–Kier alpha value is -0.470. The molecule has 1 saturated heterocycles. The summed E-state index contributed by atoms with van der Waals surface area (Å²) in [5, 5.41) is 3.15. The standard InChI is InChI=1S/C11H15BrN2O3S/c12-9-1-3-11(4-2-9)18(15,16)14-8-10-7-13-5-6-17-10/h1-4,10,13-14H,5-8H2. The summed E-state index contributed by atoms with van der Waals surface area (Å²) < 4.78 is 32.8. The maximum atomic E-state index is 12.0. The summed E-state index contributed by atoms with van der Waals surface area (Å²) in [6.07, 6.45) is -0.107. The zero-order valence-electron chi connectivity index (χ0n) is 9.73. The Morgan fingerprint density at radius 3 is 2.72 bits per heavy atom. The highest BCUT2D eigenvalue weighted by atomic mass is 79.9. The van der Waals surface area contributed by atoms with Gasteiger partial charge in [0.05, 0.1) is 17.6 Å². The fourth-order valence-corrected chi connectivity index (χ4v) is 2.98. The van der Waals surface area contributed by atoms with Crippen LogP contribution in [0.3, 0.4) is 0 Å². The SMILES string of the molecule is O=S(=O)(NCC1CNCCO1)c1ccc(Br)cc1. The lowest BCUT2D eigenvalue weighted by atomic mass is 10.3. The van der Waals surface area contributed by atoms with E-state index in [0.717, 1.165) is 11.0 Å². The molecule has 0 spiro atoms. The summed E-state index contributed by atoms with van der Waals surface area (Å²) in [6.45, 7) is 2.38. The number of hydrogen-bond acceptors (Lipinski definition) is 4. The van der Waals surface area contributed by atoms with Crippen molar-refractivity contribution in [1.82, 2.24) is 10.0 Å². The first-order valence-corrected chi connectivity index (χ1v) is 7.93. The van der Waals surface area contributed by atoms with Crippen molar-refractivity contribution in [3.63, 3.8) is 0 Å². The van der Waals surface area contributed by atoms with Crippen LogP contribution in [0.5, 0.6) is 0 Å². The van der Waals surface area contributed by atoms with Gasteiger partial charge in [-0.15, -0.1) is 0 Å². The minimum absolute atomic E-state index is 0.107. The van der Waals surface area contributed by atoms with Gasteiger partial charge in [-0.2, -0.15) is 0 Å². The molecule has 1 heterocycles. The van der Waals surface area contributed by atoms with E-state index in [0.29, 0.717) is 13.2 Å². The number of sulfonamides is 1. The molecule has 1 fully saturated rings. The number of rotatable bonds is 4. The molecule has 7 heteroatoms. The zero-order chi connectivity index (χ0) is 13.0. The van der Waals surface area contributed by atoms with Crippen LogP contribution in [0.25, 0.3) is 0 Å². The molecule has 0 aliphatic carbocycles. The monoisotopic (exact) mass is 334 g/mol. The Bertz CT molecular complexity index is 484. The third kappa shape index (κ3) is 3.76. The van der Waals surface area contributed by atoms with Crippen molar-refractivity contribution in [2.75, 3.05) is 26.2 Å². The van der Waals surface area contributed by atoms with Crippen LogP contribution in [0.4, 0.5) is 0 Å². The van der Waals surface area contributed by atoms with Gasteiger partial charge in [-0.3, -0.25) is 0 Å². The molecule has 18 heavy (non-hydrogen) atoms. The number of ether oxygens (including phenoxy) is 1. The van der Waals surface area contributed by atoms with Crippen LogP contribution in [0.1, 0.15) is 0 Å². The van der Waals surface area contributed by atoms with Crippen LogP contribution in [-0.2, 0) is 14.8 Å². The van der Waals surface area contributed by atoms with Crippen molar-refractivity contribution in [3.8, 4) is 0 Å². The van der Waals surface area contributed by atoms with Gasteiger partial charge >= 0.3 is 0 Å². The molecule has 2 rings (SSSR count). The zero-order valence-corrected chi connectivity index (χ0v) is 12.1. The van der Waals surface area contributed by atoms with Crippen molar-refractivity contribution in [2.24, 2.45) is 0 Å². The average Bonchev–Trinajstić information content (AvgIpc) is 2.38. The minimum Gasteiger partial charge on any atom is -0.374 e. The maximum absolute atomic E-state index is 12.0. The van der Waals surface area contributed by atoms with E-state index in [2.05, 4.69) is 26.0 Å². The number of morpholine rings is 1. The van der Waals surface area contributed by atoms with Crippen molar-refractivity contribution in [1.29, 1.82) is 0 Å².